The van der Waals surface area contributed by atoms with E-state index in [9.17, 15) is 5.02 Å². The number of para-hydroxylation sites is 3. The second kappa shape index (κ2) is 7.79. The molecule has 0 atom stereocenters. The van der Waals surface area contributed by atoms with Gasteiger partial charge in [-0.1, -0.05) is 54.6 Å². The largest absolute Gasteiger partial charge is 0.569 e. The zero-order chi connectivity index (χ0) is 23.4. The van der Waals surface area contributed by atoms with E-state index < -0.39 is 0 Å². The van der Waals surface area contributed by atoms with Crippen LogP contribution in [0.1, 0.15) is 0 Å². The van der Waals surface area contributed by atoms with E-state index in [1.165, 1.54) is 10.8 Å². The molecule has 7 rings (SSSR count). The quantitative estimate of drug-likeness (QED) is 0.300. The highest BCUT2D eigenvalue weighted by Gasteiger charge is 2.20. The molecular weight excluding hydrogens is 431 g/mol. The van der Waals surface area contributed by atoms with Gasteiger partial charge in [0.15, 0.2) is 0 Å². The molecule has 2 aromatic heterocycles. The molecule has 0 fully saturated rings. The molecule has 0 bridgehead atoms. The maximum Gasteiger partial charge on any atom is 0.569 e. The van der Waals surface area contributed by atoms with Gasteiger partial charge in [-0.3, -0.25) is 0 Å². The molecule has 0 aliphatic rings. The minimum absolute atomic E-state index is 0.593. The van der Waals surface area contributed by atoms with Crippen LogP contribution in [-0.2, 0) is 0 Å². The number of rotatable bonds is 4. The van der Waals surface area contributed by atoms with Crippen LogP contribution < -0.4 is 4.65 Å². The van der Waals surface area contributed by atoms with Gasteiger partial charge in [-0.2, -0.15) is 0 Å². The number of hydrogen-bond donors (Lipinski definition) is 1. The van der Waals surface area contributed by atoms with E-state index in [1.807, 2.05) is 24.3 Å². The molecular formula is C30H20BN2O2. The maximum absolute atomic E-state index is 9.27. The van der Waals surface area contributed by atoms with Crippen molar-refractivity contribution in [2.75, 3.05) is 0 Å². The van der Waals surface area contributed by atoms with Crippen LogP contribution in [0.15, 0.2) is 115 Å². The van der Waals surface area contributed by atoms with Crippen molar-refractivity contribution in [2.45, 2.75) is 0 Å². The molecule has 0 unspecified atom stereocenters. The first kappa shape index (κ1) is 19.9. The van der Waals surface area contributed by atoms with E-state index in [1.54, 1.807) is 0 Å². The summed E-state index contributed by atoms with van der Waals surface area (Å²) in [6.07, 6.45) is 0. The summed E-state index contributed by atoms with van der Waals surface area (Å²) < 4.78 is 10.00. The Morgan fingerprint density at radius 2 is 1.03 bits per heavy atom. The lowest BCUT2D eigenvalue weighted by Crippen LogP contribution is -1.99. The summed E-state index contributed by atoms with van der Waals surface area (Å²) in [6.45, 7) is 0. The van der Waals surface area contributed by atoms with Crippen LogP contribution in [0.3, 0.4) is 0 Å². The highest BCUT2D eigenvalue weighted by atomic mass is 16.5. The third-order valence-corrected chi connectivity index (χ3v) is 6.75. The number of benzene rings is 5. The van der Waals surface area contributed by atoms with Crippen LogP contribution in [0.2, 0.25) is 0 Å². The Hall–Kier alpha value is -4.48. The molecule has 0 aliphatic heterocycles. The molecule has 165 valence electrons. The topological polar surface area (TPSA) is 39.3 Å². The van der Waals surface area contributed by atoms with Gasteiger partial charge in [0, 0.05) is 32.9 Å². The van der Waals surface area contributed by atoms with Crippen LogP contribution >= 0.6 is 0 Å². The van der Waals surface area contributed by atoms with Gasteiger partial charge < -0.3 is 18.8 Å². The van der Waals surface area contributed by atoms with Gasteiger partial charge in [-0.15, -0.1) is 0 Å². The molecule has 0 saturated carbocycles. The Morgan fingerprint density at radius 1 is 0.514 bits per heavy atom. The average molecular weight is 451 g/mol. The smallest absolute Gasteiger partial charge is 0.537 e. The summed E-state index contributed by atoms with van der Waals surface area (Å²) in [7, 11) is 0.731. The maximum atomic E-state index is 9.27. The Morgan fingerprint density at radius 3 is 1.66 bits per heavy atom. The minimum atomic E-state index is 0.593. The van der Waals surface area contributed by atoms with Crippen LogP contribution in [0.4, 0.5) is 0 Å². The van der Waals surface area contributed by atoms with Crippen molar-refractivity contribution in [3.05, 3.63) is 115 Å². The van der Waals surface area contributed by atoms with Gasteiger partial charge in [0.1, 0.15) is 5.75 Å². The van der Waals surface area contributed by atoms with Crippen LogP contribution in [0, 0.1) is 0 Å². The molecule has 4 nitrogen and oxygen atoms in total. The average Bonchev–Trinajstić information content (AvgIpc) is 3.42. The highest BCUT2D eigenvalue weighted by Crippen LogP contribution is 2.42. The van der Waals surface area contributed by atoms with Crippen LogP contribution in [0.25, 0.3) is 55.0 Å². The molecule has 7 aromatic rings. The van der Waals surface area contributed by atoms with Gasteiger partial charge >= 0.3 is 7.69 Å². The minimum Gasteiger partial charge on any atom is -0.537 e. The first-order valence-corrected chi connectivity index (χ1v) is 11.6. The van der Waals surface area contributed by atoms with Crippen LogP contribution in [-0.4, -0.2) is 21.8 Å². The SMILES string of the molecule is O[B]Oc1ccc2c(c1)c1c3c4ccccc4n(-c4ccccc4)c3ccc1n2-c1ccccc1. The van der Waals surface area contributed by atoms with E-state index >= 15 is 0 Å². The third kappa shape index (κ3) is 2.92. The fraction of sp³-hybridized carbons (Fsp3) is 0. The fourth-order valence-corrected chi connectivity index (χ4v) is 5.39. The standard InChI is InChI=1S/C30H20BN2O2/c34-31-35-22-15-16-26-24(19-22)30-28(33(26)21-11-5-2-6-12-21)18-17-27-29(30)23-13-7-8-14-25(23)32(27)20-9-3-1-4-10-20/h1-19,34H. The van der Waals surface area contributed by atoms with Crippen molar-refractivity contribution in [1.29, 1.82) is 0 Å². The first-order valence-electron chi connectivity index (χ1n) is 11.6. The molecule has 0 saturated heterocycles. The summed E-state index contributed by atoms with van der Waals surface area (Å²) in [6, 6.07) is 39.9. The summed E-state index contributed by atoms with van der Waals surface area (Å²) >= 11 is 0. The van der Waals surface area contributed by atoms with Crippen LogP contribution in [0.5, 0.6) is 5.75 Å². The Labute approximate surface area is 202 Å². The van der Waals surface area contributed by atoms with Crippen molar-refractivity contribution >= 4 is 51.3 Å². The molecule has 5 heteroatoms. The first-order chi connectivity index (χ1) is 17.3. The lowest BCUT2D eigenvalue weighted by atomic mass is 10.1. The molecule has 2 heterocycles. The normalized spacial score (nSPS) is 11.6. The molecule has 0 amide bonds. The zero-order valence-corrected chi connectivity index (χ0v) is 18.8. The second-order valence-corrected chi connectivity index (χ2v) is 8.62. The Balaban J connectivity index is 1.71. The Kier molecular flexibility index (Phi) is 4.44. The summed E-state index contributed by atoms with van der Waals surface area (Å²) in [5.41, 5.74) is 6.75. The number of hydrogen-bond acceptors (Lipinski definition) is 2. The van der Waals surface area contributed by atoms with Gasteiger partial charge in [0.2, 0.25) is 0 Å². The fourth-order valence-electron chi connectivity index (χ4n) is 5.39. The summed E-state index contributed by atoms with van der Waals surface area (Å²) in [5, 5.41) is 13.9. The number of aromatic nitrogens is 2. The molecule has 35 heavy (non-hydrogen) atoms. The van der Waals surface area contributed by atoms with E-state index in [0.717, 1.165) is 51.9 Å². The van der Waals surface area contributed by atoms with Gasteiger partial charge in [0.05, 0.1) is 22.1 Å². The summed E-state index contributed by atoms with van der Waals surface area (Å²) in [4.78, 5) is 0. The second-order valence-electron chi connectivity index (χ2n) is 8.62. The van der Waals surface area contributed by atoms with Crippen molar-refractivity contribution < 1.29 is 9.68 Å². The lowest BCUT2D eigenvalue weighted by molar-refractivity contribution is 0.454. The third-order valence-electron chi connectivity index (χ3n) is 6.75. The molecule has 0 aliphatic carbocycles. The number of fused-ring (bicyclic) bond motifs is 7. The van der Waals surface area contributed by atoms with Gasteiger partial charge in [0.25, 0.3) is 0 Å². The van der Waals surface area contributed by atoms with Crippen molar-refractivity contribution in [1.82, 2.24) is 9.13 Å². The van der Waals surface area contributed by atoms with Crippen molar-refractivity contribution in [2.24, 2.45) is 0 Å². The van der Waals surface area contributed by atoms with Gasteiger partial charge in [-0.05, 0) is 60.7 Å². The predicted molar refractivity (Wildman–Crippen MR) is 144 cm³/mol. The van der Waals surface area contributed by atoms with E-state index in [0.29, 0.717) is 5.75 Å². The molecule has 0 spiro atoms. The molecule has 1 N–H and O–H groups in total. The van der Waals surface area contributed by atoms with Crippen molar-refractivity contribution in [3.63, 3.8) is 0 Å². The van der Waals surface area contributed by atoms with Gasteiger partial charge in [-0.25, -0.2) is 0 Å². The van der Waals surface area contributed by atoms with E-state index in [-0.39, 0.29) is 0 Å². The zero-order valence-electron chi connectivity index (χ0n) is 18.8. The highest BCUT2D eigenvalue weighted by molar-refractivity contribution is 6.29. The predicted octanol–water partition coefficient (Wildman–Crippen LogP) is 6.79. The summed E-state index contributed by atoms with van der Waals surface area (Å²) in [5.74, 6) is 0.593. The molecule has 5 aromatic carbocycles. The number of nitrogens with zero attached hydrogens (tertiary/aromatic N) is 2. The Bertz CT molecular complexity index is 1850. The molecule has 1 radical (unpaired) electrons. The van der Waals surface area contributed by atoms with E-state index in [4.69, 9.17) is 4.65 Å². The van der Waals surface area contributed by atoms with Crippen molar-refractivity contribution in [3.8, 4) is 17.1 Å². The lowest BCUT2D eigenvalue weighted by Gasteiger charge is -2.09. The monoisotopic (exact) mass is 451 g/mol. The van der Waals surface area contributed by atoms with E-state index in [2.05, 4.69) is 100 Å².